The van der Waals surface area contributed by atoms with Gasteiger partial charge in [0.1, 0.15) is 23.9 Å². The summed E-state index contributed by atoms with van der Waals surface area (Å²) in [7, 11) is 0. The minimum atomic E-state index is -1.44. The second-order valence-electron chi connectivity index (χ2n) is 7.04. The average molecular weight is 379 g/mol. The molecule has 9 heteroatoms. The molecule has 1 heterocycles. The van der Waals surface area contributed by atoms with Crippen molar-refractivity contribution in [2.24, 2.45) is 5.92 Å². The van der Waals surface area contributed by atoms with E-state index >= 15 is 0 Å². The van der Waals surface area contributed by atoms with Crippen LogP contribution in [-0.2, 0) is 19.9 Å². The molecule has 1 aromatic rings. The van der Waals surface area contributed by atoms with E-state index < -0.39 is 47.8 Å². The lowest BCUT2D eigenvalue weighted by atomic mass is 9.92. The van der Waals surface area contributed by atoms with Gasteiger partial charge >= 0.3 is 12.0 Å². The maximum Gasteiger partial charge on any atom is 0.326 e. The molecule has 146 valence electrons. The van der Waals surface area contributed by atoms with Crippen LogP contribution in [0.25, 0.3) is 0 Å². The number of carboxylic acids is 1. The largest absolute Gasteiger partial charge is 0.480 e. The first-order chi connectivity index (χ1) is 12.5. The standard InChI is InChI=1S/C18H22FN3O5/c1-10(2)8-13(15(24)25)20-14(23)9-22-16(26)18(3,21-17(22)27)11-4-6-12(19)7-5-11/h4-7,10,13H,8-9H2,1-3H3,(H,20,23)(H,21,27)(H,24,25). The molecular formula is C18H22FN3O5. The van der Waals surface area contributed by atoms with Gasteiger partial charge < -0.3 is 15.7 Å². The minimum absolute atomic E-state index is 0.0323. The van der Waals surface area contributed by atoms with E-state index in [1.165, 1.54) is 31.2 Å². The van der Waals surface area contributed by atoms with Gasteiger partial charge in [-0.1, -0.05) is 26.0 Å². The van der Waals surface area contributed by atoms with Crippen LogP contribution >= 0.6 is 0 Å². The quantitative estimate of drug-likeness (QED) is 0.616. The van der Waals surface area contributed by atoms with Crippen LogP contribution in [0.4, 0.5) is 9.18 Å². The molecule has 0 radical (unpaired) electrons. The molecule has 2 unspecified atom stereocenters. The molecule has 3 N–H and O–H groups in total. The van der Waals surface area contributed by atoms with E-state index in [0.717, 1.165) is 0 Å². The van der Waals surface area contributed by atoms with Crippen molar-refractivity contribution in [1.82, 2.24) is 15.5 Å². The summed E-state index contributed by atoms with van der Waals surface area (Å²) in [4.78, 5) is 49.0. The molecule has 8 nitrogen and oxygen atoms in total. The number of halogens is 1. The average Bonchev–Trinajstić information content (AvgIpc) is 2.78. The highest BCUT2D eigenvalue weighted by Crippen LogP contribution is 2.28. The zero-order valence-electron chi connectivity index (χ0n) is 15.3. The molecular weight excluding hydrogens is 357 g/mol. The van der Waals surface area contributed by atoms with Crippen molar-refractivity contribution in [1.29, 1.82) is 0 Å². The third kappa shape index (κ3) is 4.42. The minimum Gasteiger partial charge on any atom is -0.480 e. The second kappa shape index (κ2) is 7.73. The molecule has 2 atom stereocenters. The van der Waals surface area contributed by atoms with Crippen LogP contribution in [0.3, 0.4) is 0 Å². The summed E-state index contributed by atoms with van der Waals surface area (Å²) in [5.74, 6) is -3.07. The predicted molar refractivity (Wildman–Crippen MR) is 93.0 cm³/mol. The van der Waals surface area contributed by atoms with Gasteiger partial charge in [-0.25, -0.2) is 14.0 Å². The van der Waals surface area contributed by atoms with Gasteiger partial charge in [0.2, 0.25) is 5.91 Å². The summed E-state index contributed by atoms with van der Waals surface area (Å²) in [6.45, 7) is 4.47. The number of nitrogens with one attached hydrogen (secondary N) is 2. The summed E-state index contributed by atoms with van der Waals surface area (Å²) in [5, 5.41) is 14.0. The fraction of sp³-hybridized carbons (Fsp3) is 0.444. The van der Waals surface area contributed by atoms with Gasteiger partial charge in [0.15, 0.2) is 0 Å². The van der Waals surface area contributed by atoms with Gasteiger partial charge in [-0.15, -0.1) is 0 Å². The summed E-state index contributed by atoms with van der Waals surface area (Å²) in [5.41, 5.74) is -1.07. The lowest BCUT2D eigenvalue weighted by molar-refractivity contribution is -0.142. The Kier molecular flexibility index (Phi) is 5.82. The molecule has 4 amide bonds. The first-order valence-corrected chi connectivity index (χ1v) is 8.47. The van der Waals surface area contributed by atoms with E-state index in [-0.39, 0.29) is 12.3 Å². The number of urea groups is 1. The Bertz CT molecular complexity index is 765. The molecule has 2 rings (SSSR count). The van der Waals surface area contributed by atoms with Crippen molar-refractivity contribution in [2.45, 2.75) is 38.8 Å². The predicted octanol–water partition coefficient (Wildman–Crippen LogP) is 1.21. The number of amides is 4. The lowest BCUT2D eigenvalue weighted by Crippen LogP contribution is -2.48. The Hall–Kier alpha value is -2.97. The van der Waals surface area contributed by atoms with Crippen LogP contribution in [0.15, 0.2) is 24.3 Å². The van der Waals surface area contributed by atoms with Crippen LogP contribution < -0.4 is 10.6 Å². The summed E-state index contributed by atoms with van der Waals surface area (Å²) in [6.07, 6.45) is 0.217. The monoisotopic (exact) mass is 379 g/mol. The SMILES string of the molecule is CC(C)CC(NC(=O)CN1C(=O)NC(C)(c2ccc(F)cc2)C1=O)C(=O)O. The highest BCUT2D eigenvalue weighted by Gasteiger charge is 2.49. The normalized spacial score (nSPS) is 20.6. The number of imide groups is 1. The van der Waals surface area contributed by atoms with Gasteiger partial charge in [0.25, 0.3) is 5.91 Å². The van der Waals surface area contributed by atoms with Gasteiger partial charge in [-0.2, -0.15) is 0 Å². The second-order valence-corrected chi connectivity index (χ2v) is 7.04. The number of carbonyl (C=O) groups excluding carboxylic acids is 3. The Morgan fingerprint density at radius 1 is 1.26 bits per heavy atom. The number of hydrogen-bond donors (Lipinski definition) is 3. The van der Waals surface area contributed by atoms with E-state index in [1.54, 1.807) is 0 Å². The smallest absolute Gasteiger partial charge is 0.326 e. The Labute approximate surface area is 155 Å². The van der Waals surface area contributed by atoms with Crippen molar-refractivity contribution < 1.29 is 28.7 Å². The zero-order chi connectivity index (χ0) is 20.4. The number of aliphatic carboxylic acids is 1. The maximum atomic E-state index is 13.1. The lowest BCUT2D eigenvalue weighted by Gasteiger charge is -2.22. The molecule has 0 aromatic heterocycles. The van der Waals surface area contributed by atoms with Crippen LogP contribution in [0.5, 0.6) is 0 Å². The van der Waals surface area contributed by atoms with E-state index in [4.69, 9.17) is 0 Å². The fourth-order valence-corrected chi connectivity index (χ4v) is 2.90. The molecule has 0 aliphatic carbocycles. The number of nitrogens with zero attached hydrogens (tertiary/aromatic N) is 1. The molecule has 0 saturated carbocycles. The highest BCUT2D eigenvalue weighted by molar-refractivity contribution is 6.09. The highest BCUT2D eigenvalue weighted by atomic mass is 19.1. The van der Waals surface area contributed by atoms with Crippen LogP contribution in [-0.4, -0.2) is 46.4 Å². The van der Waals surface area contributed by atoms with Crippen molar-refractivity contribution in [3.05, 3.63) is 35.6 Å². The fourth-order valence-electron chi connectivity index (χ4n) is 2.90. The topological polar surface area (TPSA) is 116 Å². The van der Waals surface area contributed by atoms with Crippen LogP contribution in [0.2, 0.25) is 0 Å². The van der Waals surface area contributed by atoms with Crippen LogP contribution in [0, 0.1) is 11.7 Å². The summed E-state index contributed by atoms with van der Waals surface area (Å²) in [6, 6.07) is 3.19. The third-order valence-corrected chi connectivity index (χ3v) is 4.34. The molecule has 1 aliphatic rings. The van der Waals surface area contributed by atoms with Gasteiger partial charge in [0, 0.05) is 0 Å². The van der Waals surface area contributed by atoms with Crippen molar-refractivity contribution >= 4 is 23.8 Å². The summed E-state index contributed by atoms with van der Waals surface area (Å²) < 4.78 is 13.1. The maximum absolute atomic E-state index is 13.1. The van der Waals surface area contributed by atoms with E-state index in [2.05, 4.69) is 10.6 Å². The number of hydrogen-bond acceptors (Lipinski definition) is 4. The molecule has 1 saturated heterocycles. The summed E-state index contributed by atoms with van der Waals surface area (Å²) >= 11 is 0. The Balaban J connectivity index is 2.11. The van der Waals surface area contributed by atoms with Crippen LogP contribution in [0.1, 0.15) is 32.8 Å². The Morgan fingerprint density at radius 3 is 2.37 bits per heavy atom. The van der Waals surface area contributed by atoms with E-state index in [0.29, 0.717) is 10.5 Å². The third-order valence-electron chi connectivity index (χ3n) is 4.34. The molecule has 1 fully saturated rings. The molecule has 1 aliphatic heterocycles. The number of carboxylic acid groups (broad SMARTS) is 1. The Morgan fingerprint density at radius 2 is 1.85 bits per heavy atom. The van der Waals surface area contributed by atoms with Gasteiger partial charge in [-0.05, 0) is 37.0 Å². The molecule has 1 aromatic carbocycles. The van der Waals surface area contributed by atoms with Gasteiger partial charge in [-0.3, -0.25) is 14.5 Å². The molecule has 0 spiro atoms. The van der Waals surface area contributed by atoms with Gasteiger partial charge in [0.05, 0.1) is 0 Å². The number of rotatable bonds is 7. The number of benzene rings is 1. The zero-order valence-corrected chi connectivity index (χ0v) is 15.3. The van der Waals surface area contributed by atoms with E-state index in [9.17, 15) is 28.7 Å². The van der Waals surface area contributed by atoms with Crippen molar-refractivity contribution in [2.75, 3.05) is 6.54 Å². The first kappa shape index (κ1) is 20.3. The molecule has 0 bridgehead atoms. The van der Waals surface area contributed by atoms with Crippen molar-refractivity contribution in [3.8, 4) is 0 Å². The first-order valence-electron chi connectivity index (χ1n) is 8.47. The van der Waals surface area contributed by atoms with Crippen molar-refractivity contribution in [3.63, 3.8) is 0 Å². The molecule has 27 heavy (non-hydrogen) atoms. The van der Waals surface area contributed by atoms with E-state index in [1.807, 2.05) is 13.8 Å². The number of carbonyl (C=O) groups is 4.